The lowest BCUT2D eigenvalue weighted by atomic mass is 9.87. The van der Waals surface area contributed by atoms with Crippen molar-refractivity contribution >= 4 is 19.3 Å². The van der Waals surface area contributed by atoms with Gasteiger partial charge in [0, 0.05) is 11.8 Å². The van der Waals surface area contributed by atoms with Crippen LogP contribution in [-0.4, -0.2) is 28.1 Å². The number of rotatable bonds is 5. The Kier molecular flexibility index (Phi) is 5.16. The van der Waals surface area contributed by atoms with Gasteiger partial charge >= 0.3 is 7.12 Å². The summed E-state index contributed by atoms with van der Waals surface area (Å²) in [5, 5.41) is 4.26. The van der Waals surface area contributed by atoms with E-state index in [1.54, 1.807) is 17.1 Å². The normalized spacial score (nSPS) is 19.4. The van der Waals surface area contributed by atoms with Crippen molar-refractivity contribution < 1.29 is 13.7 Å². The molecule has 0 N–H and O–H groups in total. The Morgan fingerprint density at radius 1 is 1.12 bits per heavy atom. The Morgan fingerprint density at radius 2 is 1.77 bits per heavy atom. The van der Waals surface area contributed by atoms with Crippen LogP contribution in [0.5, 0.6) is 0 Å². The van der Waals surface area contributed by atoms with Crippen LogP contribution >= 0.6 is 0 Å². The van der Waals surface area contributed by atoms with Crippen LogP contribution in [-0.2, 0) is 15.9 Å². The highest BCUT2D eigenvalue weighted by atomic mass is 19.1. The molecule has 0 radical (unpaired) electrons. The highest BCUT2D eigenvalue weighted by Gasteiger charge is 2.53. The number of benzene rings is 1. The highest BCUT2D eigenvalue weighted by molar-refractivity contribution is 6.54. The van der Waals surface area contributed by atoms with Crippen LogP contribution in [0.15, 0.2) is 54.5 Å². The molecule has 1 aliphatic heterocycles. The first-order valence-electron chi connectivity index (χ1n) is 8.74. The molecule has 0 amide bonds. The standard InChI is InChI=1S/C20H24BFN2O2/c1-19(2)20(3,4)26-21(25-19)18(22)13-17-14-23-24(15-17)12-8-11-16-9-6-5-7-10-16/h5-11,13-15H,12H2,1-4H3/b11-8+,18-13?. The molecule has 0 spiro atoms. The maximum atomic E-state index is 14.5. The molecule has 0 atom stereocenters. The molecule has 1 fully saturated rings. The Labute approximate surface area is 154 Å². The van der Waals surface area contributed by atoms with Crippen LogP contribution in [0.1, 0.15) is 38.8 Å². The molecule has 3 rings (SSSR count). The van der Waals surface area contributed by atoms with E-state index >= 15 is 0 Å². The average molecular weight is 354 g/mol. The van der Waals surface area contributed by atoms with Gasteiger partial charge in [-0.3, -0.25) is 4.68 Å². The molecule has 6 heteroatoms. The van der Waals surface area contributed by atoms with Crippen LogP contribution in [0.25, 0.3) is 12.2 Å². The van der Waals surface area contributed by atoms with Gasteiger partial charge in [-0.1, -0.05) is 42.5 Å². The first-order chi connectivity index (χ1) is 12.3. The number of nitrogens with zero attached hydrogens (tertiary/aromatic N) is 2. The fourth-order valence-electron chi connectivity index (χ4n) is 2.60. The van der Waals surface area contributed by atoms with Crippen molar-refractivity contribution in [3.8, 4) is 0 Å². The summed E-state index contributed by atoms with van der Waals surface area (Å²) in [7, 11) is -0.985. The van der Waals surface area contributed by atoms with E-state index in [4.69, 9.17) is 9.31 Å². The van der Waals surface area contributed by atoms with Crippen LogP contribution in [0.3, 0.4) is 0 Å². The van der Waals surface area contributed by atoms with Gasteiger partial charge in [0.25, 0.3) is 0 Å². The molecule has 0 aliphatic carbocycles. The van der Waals surface area contributed by atoms with Crippen LogP contribution in [0.4, 0.5) is 4.39 Å². The summed E-state index contributed by atoms with van der Waals surface area (Å²) in [6, 6.07) is 10.0. The van der Waals surface area contributed by atoms with Crippen molar-refractivity contribution in [2.24, 2.45) is 0 Å². The monoisotopic (exact) mass is 354 g/mol. The van der Waals surface area contributed by atoms with Gasteiger partial charge in [-0.05, 0) is 39.3 Å². The zero-order chi connectivity index (χ0) is 18.8. The van der Waals surface area contributed by atoms with Crippen molar-refractivity contribution in [2.45, 2.75) is 45.4 Å². The average Bonchev–Trinajstić information content (AvgIpc) is 3.10. The molecular weight excluding hydrogens is 330 g/mol. The molecule has 26 heavy (non-hydrogen) atoms. The molecule has 1 saturated heterocycles. The summed E-state index contributed by atoms with van der Waals surface area (Å²) in [5.74, 6) is 0. The predicted octanol–water partition coefficient (Wildman–Crippen LogP) is 4.54. The maximum absolute atomic E-state index is 14.5. The molecule has 0 saturated carbocycles. The Bertz CT molecular complexity index is 796. The summed E-state index contributed by atoms with van der Waals surface area (Å²) in [5.41, 5.74) is 0.227. The number of hydrogen-bond donors (Lipinski definition) is 0. The smallest absolute Gasteiger partial charge is 0.398 e. The SMILES string of the molecule is CC1(C)OB(C(F)=Cc2cnn(C/C=C/c3ccccc3)c2)OC1(C)C. The third-order valence-electron chi connectivity index (χ3n) is 4.84. The van der Waals surface area contributed by atoms with E-state index in [2.05, 4.69) is 5.10 Å². The summed E-state index contributed by atoms with van der Waals surface area (Å²) in [6.07, 6.45) is 8.87. The number of halogens is 1. The topological polar surface area (TPSA) is 36.3 Å². The van der Waals surface area contributed by atoms with Gasteiger partial charge in [0.05, 0.1) is 23.9 Å². The highest BCUT2D eigenvalue weighted by Crippen LogP contribution is 2.39. The molecule has 0 bridgehead atoms. The second-order valence-corrected chi connectivity index (χ2v) is 7.43. The van der Waals surface area contributed by atoms with E-state index in [9.17, 15) is 4.39 Å². The van der Waals surface area contributed by atoms with Gasteiger partial charge in [-0.25, -0.2) is 4.39 Å². The fraction of sp³-hybridized carbons (Fsp3) is 0.350. The Balaban J connectivity index is 1.63. The molecular formula is C20H24BFN2O2. The van der Waals surface area contributed by atoms with Crippen molar-refractivity contribution in [1.29, 1.82) is 0 Å². The Hall–Kier alpha value is -2.18. The molecule has 1 aromatic carbocycles. The number of allylic oxidation sites excluding steroid dienone is 1. The zero-order valence-corrected chi connectivity index (χ0v) is 15.6. The van der Waals surface area contributed by atoms with Gasteiger partial charge in [-0.2, -0.15) is 5.10 Å². The Morgan fingerprint density at radius 3 is 2.42 bits per heavy atom. The predicted molar refractivity (Wildman–Crippen MR) is 103 cm³/mol. The van der Waals surface area contributed by atoms with Gasteiger partial charge in [0.1, 0.15) is 5.73 Å². The number of hydrogen-bond acceptors (Lipinski definition) is 3. The van der Waals surface area contributed by atoms with Crippen molar-refractivity contribution in [3.05, 3.63) is 65.7 Å². The van der Waals surface area contributed by atoms with Gasteiger partial charge in [0.2, 0.25) is 0 Å². The van der Waals surface area contributed by atoms with Crippen molar-refractivity contribution in [2.75, 3.05) is 0 Å². The third kappa shape index (κ3) is 4.14. The minimum Gasteiger partial charge on any atom is -0.398 e. The minimum atomic E-state index is -0.985. The lowest BCUT2D eigenvalue weighted by Gasteiger charge is -2.32. The summed E-state index contributed by atoms with van der Waals surface area (Å²) >= 11 is 0. The first-order valence-corrected chi connectivity index (χ1v) is 8.74. The van der Waals surface area contributed by atoms with Crippen LogP contribution < -0.4 is 0 Å². The van der Waals surface area contributed by atoms with Gasteiger partial charge < -0.3 is 9.31 Å². The lowest BCUT2D eigenvalue weighted by Crippen LogP contribution is -2.41. The van der Waals surface area contributed by atoms with Crippen molar-refractivity contribution in [1.82, 2.24) is 9.78 Å². The van der Waals surface area contributed by atoms with Crippen LogP contribution in [0, 0.1) is 0 Å². The molecule has 0 unspecified atom stereocenters. The summed E-state index contributed by atoms with van der Waals surface area (Å²) < 4.78 is 27.7. The summed E-state index contributed by atoms with van der Waals surface area (Å²) in [6.45, 7) is 8.21. The third-order valence-corrected chi connectivity index (χ3v) is 4.84. The molecule has 2 aromatic rings. The second kappa shape index (κ2) is 7.21. The minimum absolute atomic E-state index is 0.456. The van der Waals surface area contributed by atoms with E-state index in [1.807, 2.05) is 70.2 Å². The largest absolute Gasteiger partial charge is 0.525 e. The van der Waals surface area contributed by atoms with E-state index in [-0.39, 0.29) is 0 Å². The van der Waals surface area contributed by atoms with E-state index < -0.39 is 24.0 Å². The van der Waals surface area contributed by atoms with E-state index in [0.29, 0.717) is 12.1 Å². The van der Waals surface area contributed by atoms with E-state index in [0.717, 1.165) is 5.56 Å². The maximum Gasteiger partial charge on any atom is 0.525 e. The summed E-state index contributed by atoms with van der Waals surface area (Å²) in [4.78, 5) is 0. The zero-order valence-electron chi connectivity index (χ0n) is 15.6. The first kappa shape index (κ1) is 18.6. The van der Waals surface area contributed by atoms with Gasteiger partial charge in [-0.15, -0.1) is 0 Å². The van der Waals surface area contributed by atoms with Crippen LogP contribution in [0.2, 0.25) is 0 Å². The molecule has 1 aromatic heterocycles. The molecule has 136 valence electrons. The van der Waals surface area contributed by atoms with E-state index in [1.165, 1.54) is 6.08 Å². The number of aromatic nitrogens is 2. The second-order valence-electron chi connectivity index (χ2n) is 7.43. The van der Waals surface area contributed by atoms with Gasteiger partial charge in [0.15, 0.2) is 0 Å². The fourth-order valence-corrected chi connectivity index (χ4v) is 2.60. The molecule has 1 aliphatic rings. The quantitative estimate of drug-likeness (QED) is 0.740. The molecule has 4 nitrogen and oxygen atoms in total. The molecule has 2 heterocycles. The lowest BCUT2D eigenvalue weighted by molar-refractivity contribution is 0.00578. The van der Waals surface area contributed by atoms with Crippen molar-refractivity contribution in [3.63, 3.8) is 0 Å².